The predicted molar refractivity (Wildman–Crippen MR) is 111 cm³/mol. The summed E-state index contributed by atoms with van der Waals surface area (Å²) >= 11 is 0. The molecule has 1 rings (SSSR count). The zero-order chi connectivity index (χ0) is 23.0. The monoisotopic (exact) mass is 454 g/mol. The molecule has 0 aromatic carbocycles. The molecule has 4 N–H and O–H groups in total. The number of hydrogen-bond acceptors (Lipinski definition) is 10. The number of carboxylic acids is 1. The molecule has 0 aliphatic carbocycles. The molecule has 0 atom stereocenters. The Morgan fingerprint density at radius 3 is 1.84 bits per heavy atom. The van der Waals surface area contributed by atoms with Crippen LogP contribution in [0.2, 0.25) is 0 Å². The summed E-state index contributed by atoms with van der Waals surface area (Å²) in [6, 6.07) is 0. The molecule has 0 bridgehead atoms. The van der Waals surface area contributed by atoms with E-state index in [1.54, 1.807) is 14.2 Å². The smallest absolute Gasteiger partial charge is 0.314 e. The summed E-state index contributed by atoms with van der Waals surface area (Å²) < 4.78 is 23.6. The van der Waals surface area contributed by atoms with Crippen LogP contribution in [0.5, 0.6) is 0 Å². The highest BCUT2D eigenvalue weighted by Gasteiger charge is 2.19. The molecule has 184 valence electrons. The normalized spacial score (nSPS) is 11.8. The van der Waals surface area contributed by atoms with E-state index in [0.29, 0.717) is 52.7 Å². The van der Waals surface area contributed by atoms with Crippen LogP contribution >= 0.6 is 0 Å². The van der Waals surface area contributed by atoms with Crippen molar-refractivity contribution in [2.24, 2.45) is 5.73 Å². The lowest BCUT2D eigenvalue weighted by Crippen LogP contribution is -2.27. The van der Waals surface area contributed by atoms with Gasteiger partial charge in [-0.3, -0.25) is 19.2 Å². The number of ether oxygens (including phenoxy) is 5. The predicted octanol–water partition coefficient (Wildman–Crippen LogP) is -0.275. The maximum atomic E-state index is 11.0. The van der Waals surface area contributed by atoms with Gasteiger partial charge in [0.15, 0.2) is 0 Å². The second-order valence-electron chi connectivity index (χ2n) is 5.59. The van der Waals surface area contributed by atoms with E-state index in [9.17, 15) is 19.2 Å². The zero-order valence-corrected chi connectivity index (χ0v) is 17.7. The van der Waals surface area contributed by atoms with Gasteiger partial charge in [0.25, 0.3) is 0 Å². The third-order valence-electron chi connectivity index (χ3n) is 3.02. The highest BCUT2D eigenvalue weighted by molar-refractivity contribution is 5.92. The quantitative estimate of drug-likeness (QED) is 0.179. The van der Waals surface area contributed by atoms with Gasteiger partial charge in [0.2, 0.25) is 5.91 Å². The van der Waals surface area contributed by atoms with E-state index < -0.39 is 17.9 Å². The first-order chi connectivity index (χ1) is 14.4. The number of nitrogens with one attached hydrogen (secondary N) is 1. The van der Waals surface area contributed by atoms with Crippen LogP contribution in [0, 0.1) is 0 Å². The Labute approximate surface area is 183 Å². The second-order valence-corrected chi connectivity index (χ2v) is 5.59. The standard InChI is InChI=1S/C9H17NO5.C5H13NO2.C4H4O3.CH4/c1-14-6-7-15-5-4-10-8(11)2-3-9(12)13;1-7-4-5-8-3-2-6;5-3-1-2-4(6)7-3;/h2-7H2,1H3,(H,10,11)(H,12,13);2-6H2,1H3;1-2H2;1H4. The molecule has 0 aromatic rings. The summed E-state index contributed by atoms with van der Waals surface area (Å²) in [7, 11) is 3.23. The van der Waals surface area contributed by atoms with Crippen molar-refractivity contribution in [2.75, 3.05) is 67.0 Å². The number of esters is 2. The van der Waals surface area contributed by atoms with Crippen LogP contribution in [0.25, 0.3) is 0 Å². The fourth-order valence-electron chi connectivity index (χ4n) is 1.58. The molecule has 12 heteroatoms. The fraction of sp³-hybridized carbons (Fsp3) is 0.789. The van der Waals surface area contributed by atoms with Crippen molar-refractivity contribution in [1.29, 1.82) is 0 Å². The van der Waals surface area contributed by atoms with Crippen molar-refractivity contribution in [3.8, 4) is 0 Å². The minimum absolute atomic E-state index is 0. The van der Waals surface area contributed by atoms with Crippen molar-refractivity contribution < 1.29 is 48.0 Å². The number of cyclic esters (lactones) is 2. The van der Waals surface area contributed by atoms with E-state index in [1.165, 1.54) is 0 Å². The van der Waals surface area contributed by atoms with Crippen molar-refractivity contribution in [3.63, 3.8) is 0 Å². The number of carbonyl (C=O) groups is 4. The number of carboxylic acid groups (broad SMARTS) is 1. The highest BCUT2D eigenvalue weighted by Crippen LogP contribution is 2.03. The molecule has 0 unspecified atom stereocenters. The number of aliphatic carboxylic acids is 1. The molecule has 1 aliphatic rings. The molecule has 1 aliphatic heterocycles. The van der Waals surface area contributed by atoms with Gasteiger partial charge in [0, 0.05) is 33.7 Å². The van der Waals surface area contributed by atoms with E-state index in [0.717, 1.165) is 0 Å². The summed E-state index contributed by atoms with van der Waals surface area (Å²) in [4.78, 5) is 41.1. The lowest BCUT2D eigenvalue weighted by atomic mass is 10.3. The average Bonchev–Trinajstić information content (AvgIpc) is 3.10. The number of nitrogens with two attached hydrogens (primary N) is 1. The summed E-state index contributed by atoms with van der Waals surface area (Å²) in [5, 5.41) is 10.9. The lowest BCUT2D eigenvalue weighted by Gasteiger charge is -2.05. The molecule has 12 nitrogen and oxygen atoms in total. The number of amides is 1. The first-order valence-electron chi connectivity index (χ1n) is 9.42. The van der Waals surface area contributed by atoms with E-state index >= 15 is 0 Å². The molecular formula is C19H38N2O10. The third kappa shape index (κ3) is 30.2. The van der Waals surface area contributed by atoms with Gasteiger partial charge in [0.05, 0.1) is 58.9 Å². The summed E-state index contributed by atoms with van der Waals surface area (Å²) in [5.74, 6) is -2.04. The topological polar surface area (TPSA) is 173 Å². The highest BCUT2D eigenvalue weighted by atomic mass is 16.6. The number of rotatable bonds is 14. The van der Waals surface area contributed by atoms with E-state index in [4.69, 9.17) is 29.8 Å². The molecule has 0 saturated carbocycles. The molecule has 0 spiro atoms. The Kier molecular flexibility index (Phi) is 28.0. The number of methoxy groups -OCH3 is 2. The van der Waals surface area contributed by atoms with Crippen molar-refractivity contribution >= 4 is 23.8 Å². The molecule has 1 amide bonds. The van der Waals surface area contributed by atoms with Crippen LogP contribution < -0.4 is 11.1 Å². The molecular weight excluding hydrogens is 416 g/mol. The summed E-state index contributed by atoms with van der Waals surface area (Å²) in [6.07, 6.45) is 0.390. The first kappa shape index (κ1) is 33.5. The molecule has 1 fully saturated rings. The van der Waals surface area contributed by atoms with Gasteiger partial charge >= 0.3 is 17.9 Å². The van der Waals surface area contributed by atoms with Gasteiger partial charge in [-0.1, -0.05) is 7.43 Å². The Morgan fingerprint density at radius 1 is 0.935 bits per heavy atom. The second kappa shape index (κ2) is 25.9. The minimum Gasteiger partial charge on any atom is -0.481 e. The van der Waals surface area contributed by atoms with Gasteiger partial charge in [-0.15, -0.1) is 0 Å². The van der Waals surface area contributed by atoms with Gasteiger partial charge in [0.1, 0.15) is 0 Å². The van der Waals surface area contributed by atoms with Crippen LogP contribution in [-0.2, 0) is 42.9 Å². The Bertz CT molecular complexity index is 455. The Balaban J connectivity index is -0.000000412. The van der Waals surface area contributed by atoms with Crippen LogP contribution in [0.4, 0.5) is 0 Å². The van der Waals surface area contributed by atoms with E-state index in [1.807, 2.05) is 0 Å². The first-order valence-corrected chi connectivity index (χ1v) is 9.42. The Hall–Kier alpha value is -2.12. The van der Waals surface area contributed by atoms with Crippen LogP contribution in [0.15, 0.2) is 0 Å². The SMILES string of the molecule is C.COCCOCCN.COCCOCCNC(=O)CCC(=O)O.O=C1CCC(=O)O1. The minimum atomic E-state index is -0.971. The molecule has 1 saturated heterocycles. The summed E-state index contributed by atoms with van der Waals surface area (Å²) in [5.41, 5.74) is 5.14. The number of hydrogen-bond donors (Lipinski definition) is 3. The molecule has 0 aromatic heterocycles. The van der Waals surface area contributed by atoms with Gasteiger partial charge in [-0.05, 0) is 0 Å². The molecule has 31 heavy (non-hydrogen) atoms. The average molecular weight is 455 g/mol. The Morgan fingerprint density at radius 2 is 1.45 bits per heavy atom. The molecule has 0 radical (unpaired) electrons. The van der Waals surface area contributed by atoms with Crippen molar-refractivity contribution in [1.82, 2.24) is 5.32 Å². The third-order valence-corrected chi connectivity index (χ3v) is 3.02. The van der Waals surface area contributed by atoms with Crippen molar-refractivity contribution in [3.05, 3.63) is 0 Å². The fourth-order valence-corrected chi connectivity index (χ4v) is 1.58. The lowest BCUT2D eigenvalue weighted by molar-refractivity contribution is -0.152. The summed E-state index contributed by atoms with van der Waals surface area (Å²) in [6.45, 7) is 4.32. The van der Waals surface area contributed by atoms with Crippen LogP contribution in [-0.4, -0.2) is 95.9 Å². The maximum absolute atomic E-state index is 11.0. The molecule has 1 heterocycles. The van der Waals surface area contributed by atoms with Crippen molar-refractivity contribution in [2.45, 2.75) is 33.1 Å². The van der Waals surface area contributed by atoms with Gasteiger partial charge in [-0.25, -0.2) is 0 Å². The van der Waals surface area contributed by atoms with Crippen LogP contribution in [0.1, 0.15) is 33.1 Å². The van der Waals surface area contributed by atoms with Gasteiger partial charge < -0.3 is 39.8 Å². The maximum Gasteiger partial charge on any atom is 0.314 e. The zero-order valence-electron chi connectivity index (χ0n) is 17.7. The van der Waals surface area contributed by atoms with Gasteiger partial charge in [-0.2, -0.15) is 0 Å². The van der Waals surface area contributed by atoms with E-state index in [2.05, 4.69) is 10.1 Å². The number of carbonyl (C=O) groups excluding carboxylic acids is 3. The largest absolute Gasteiger partial charge is 0.481 e. The van der Waals surface area contributed by atoms with E-state index in [-0.39, 0.29) is 39.0 Å². The van der Waals surface area contributed by atoms with Crippen LogP contribution in [0.3, 0.4) is 0 Å².